The van der Waals surface area contributed by atoms with E-state index in [0.29, 0.717) is 11.8 Å². The van der Waals surface area contributed by atoms with Crippen LogP contribution in [0, 0.1) is 5.92 Å². The number of hydrogen-bond acceptors (Lipinski definition) is 3. The quantitative estimate of drug-likeness (QED) is 0.757. The number of rotatable bonds is 8. The number of piperazine rings is 1. The number of aliphatic hydroxyl groups excluding tert-OH is 1. The zero-order valence-corrected chi connectivity index (χ0v) is 15.8. The van der Waals surface area contributed by atoms with Gasteiger partial charge in [-0.25, -0.2) is 0 Å². The lowest BCUT2D eigenvalue weighted by atomic mass is 9.77. The standard InChI is InChI=1S/C23H32N2O/c1-2-19(13-14-22(26)25-17-15-24-16-18-25)23(20-9-5-3-6-10-20)21-11-7-4-8-12-21/h3-12,19,22-24,26H,2,13-18H2,1H3. The maximum absolute atomic E-state index is 10.6. The van der Waals surface area contributed by atoms with Crippen molar-refractivity contribution in [1.29, 1.82) is 0 Å². The molecule has 140 valence electrons. The van der Waals surface area contributed by atoms with Crippen molar-refractivity contribution in [3.63, 3.8) is 0 Å². The van der Waals surface area contributed by atoms with Gasteiger partial charge in [-0.3, -0.25) is 4.90 Å². The highest BCUT2D eigenvalue weighted by atomic mass is 16.3. The predicted molar refractivity (Wildman–Crippen MR) is 108 cm³/mol. The molecule has 0 bridgehead atoms. The van der Waals surface area contributed by atoms with Gasteiger partial charge >= 0.3 is 0 Å². The lowest BCUT2D eigenvalue weighted by Gasteiger charge is -2.33. The second kappa shape index (κ2) is 9.86. The third-order valence-corrected chi connectivity index (χ3v) is 5.68. The summed E-state index contributed by atoms with van der Waals surface area (Å²) in [5, 5.41) is 14.0. The van der Waals surface area contributed by atoms with Crippen LogP contribution in [0.25, 0.3) is 0 Å². The van der Waals surface area contributed by atoms with Crippen molar-refractivity contribution in [2.75, 3.05) is 26.2 Å². The van der Waals surface area contributed by atoms with Gasteiger partial charge in [0.1, 0.15) is 6.23 Å². The fraction of sp³-hybridized carbons (Fsp3) is 0.478. The second-order valence-electron chi connectivity index (χ2n) is 7.31. The third-order valence-electron chi connectivity index (χ3n) is 5.68. The highest BCUT2D eigenvalue weighted by Gasteiger charge is 2.25. The van der Waals surface area contributed by atoms with E-state index in [1.165, 1.54) is 11.1 Å². The van der Waals surface area contributed by atoms with E-state index >= 15 is 0 Å². The van der Waals surface area contributed by atoms with Gasteiger partial charge in [0.25, 0.3) is 0 Å². The summed E-state index contributed by atoms with van der Waals surface area (Å²) in [5.41, 5.74) is 2.75. The number of hydrogen-bond donors (Lipinski definition) is 2. The number of aliphatic hydroxyl groups is 1. The van der Waals surface area contributed by atoms with Crippen LogP contribution in [-0.2, 0) is 0 Å². The molecule has 26 heavy (non-hydrogen) atoms. The molecule has 1 fully saturated rings. The van der Waals surface area contributed by atoms with Crippen LogP contribution in [0.4, 0.5) is 0 Å². The molecule has 2 atom stereocenters. The van der Waals surface area contributed by atoms with Crippen molar-refractivity contribution in [2.45, 2.75) is 38.3 Å². The van der Waals surface area contributed by atoms with E-state index < -0.39 is 0 Å². The Morgan fingerprint density at radius 2 is 1.42 bits per heavy atom. The average molecular weight is 353 g/mol. The molecule has 2 N–H and O–H groups in total. The van der Waals surface area contributed by atoms with Crippen LogP contribution in [-0.4, -0.2) is 42.4 Å². The van der Waals surface area contributed by atoms with Gasteiger partial charge < -0.3 is 10.4 Å². The molecule has 0 aromatic heterocycles. The summed E-state index contributed by atoms with van der Waals surface area (Å²) in [7, 11) is 0. The van der Waals surface area contributed by atoms with Gasteiger partial charge in [-0.2, -0.15) is 0 Å². The Balaban J connectivity index is 1.73. The summed E-state index contributed by atoms with van der Waals surface area (Å²) in [6, 6.07) is 21.7. The Kier molecular flexibility index (Phi) is 7.24. The van der Waals surface area contributed by atoms with Crippen molar-refractivity contribution in [1.82, 2.24) is 10.2 Å². The van der Waals surface area contributed by atoms with Crippen LogP contribution in [0.5, 0.6) is 0 Å². The monoisotopic (exact) mass is 352 g/mol. The van der Waals surface area contributed by atoms with E-state index in [4.69, 9.17) is 0 Å². The number of benzene rings is 2. The molecule has 0 radical (unpaired) electrons. The molecule has 0 spiro atoms. The van der Waals surface area contributed by atoms with Gasteiger partial charge in [0.05, 0.1) is 0 Å². The van der Waals surface area contributed by atoms with Gasteiger partial charge in [-0.15, -0.1) is 0 Å². The van der Waals surface area contributed by atoms with E-state index in [1.807, 2.05) is 0 Å². The zero-order chi connectivity index (χ0) is 18.2. The second-order valence-corrected chi connectivity index (χ2v) is 7.31. The summed E-state index contributed by atoms with van der Waals surface area (Å²) in [4.78, 5) is 2.21. The molecule has 3 nitrogen and oxygen atoms in total. The van der Waals surface area contributed by atoms with Crippen LogP contribution in [0.2, 0.25) is 0 Å². The fourth-order valence-corrected chi connectivity index (χ4v) is 4.19. The molecule has 1 aliphatic heterocycles. The summed E-state index contributed by atoms with van der Waals surface area (Å²) in [6.07, 6.45) is 2.67. The van der Waals surface area contributed by atoms with Crippen LogP contribution < -0.4 is 5.32 Å². The van der Waals surface area contributed by atoms with E-state index in [2.05, 4.69) is 77.8 Å². The Hall–Kier alpha value is -1.68. The Bertz CT molecular complexity index is 586. The van der Waals surface area contributed by atoms with Gasteiger partial charge in [0, 0.05) is 32.1 Å². The predicted octanol–water partition coefficient (Wildman–Crippen LogP) is 3.85. The van der Waals surface area contributed by atoms with Gasteiger partial charge in [-0.1, -0.05) is 74.0 Å². The first-order valence-electron chi connectivity index (χ1n) is 10.0. The topological polar surface area (TPSA) is 35.5 Å². The lowest BCUT2D eigenvalue weighted by Crippen LogP contribution is -2.48. The smallest absolute Gasteiger partial charge is 0.107 e. The fourth-order valence-electron chi connectivity index (χ4n) is 4.19. The minimum absolute atomic E-state index is 0.321. The normalized spacial score (nSPS) is 18.0. The Labute approximate surface area is 158 Å². The van der Waals surface area contributed by atoms with Crippen molar-refractivity contribution < 1.29 is 5.11 Å². The van der Waals surface area contributed by atoms with Crippen LogP contribution in [0.1, 0.15) is 43.2 Å². The summed E-state index contributed by atoms with van der Waals surface area (Å²) in [5.74, 6) is 0.912. The summed E-state index contributed by atoms with van der Waals surface area (Å²) >= 11 is 0. The number of nitrogens with one attached hydrogen (secondary N) is 1. The minimum atomic E-state index is -0.321. The first-order chi connectivity index (χ1) is 12.8. The molecule has 2 aromatic rings. The molecule has 3 heteroatoms. The maximum Gasteiger partial charge on any atom is 0.107 e. The first-order valence-corrected chi connectivity index (χ1v) is 10.0. The van der Waals surface area contributed by atoms with Gasteiger partial charge in [-0.05, 0) is 29.9 Å². The third kappa shape index (κ3) is 4.94. The molecule has 2 aromatic carbocycles. The summed E-state index contributed by atoms with van der Waals surface area (Å²) in [6.45, 7) is 6.12. The largest absolute Gasteiger partial charge is 0.378 e. The van der Waals surface area contributed by atoms with E-state index in [9.17, 15) is 5.11 Å². The number of nitrogens with zero attached hydrogens (tertiary/aromatic N) is 1. The van der Waals surface area contributed by atoms with Crippen LogP contribution in [0.15, 0.2) is 60.7 Å². The molecular formula is C23H32N2O. The summed E-state index contributed by atoms with van der Waals surface area (Å²) < 4.78 is 0. The lowest BCUT2D eigenvalue weighted by molar-refractivity contribution is -0.0136. The highest BCUT2D eigenvalue weighted by Crippen LogP contribution is 2.36. The molecule has 1 saturated heterocycles. The molecule has 1 aliphatic rings. The SMILES string of the molecule is CCC(CCC(O)N1CCNCC1)C(c1ccccc1)c1ccccc1. The van der Waals surface area contributed by atoms with Crippen molar-refractivity contribution in [2.24, 2.45) is 5.92 Å². The van der Waals surface area contributed by atoms with Crippen LogP contribution >= 0.6 is 0 Å². The molecule has 1 heterocycles. The maximum atomic E-state index is 10.6. The van der Waals surface area contributed by atoms with Crippen molar-refractivity contribution in [3.8, 4) is 0 Å². The molecule has 3 rings (SSSR count). The average Bonchev–Trinajstić information content (AvgIpc) is 2.72. The Morgan fingerprint density at radius 3 is 1.92 bits per heavy atom. The molecule has 0 aliphatic carbocycles. The highest BCUT2D eigenvalue weighted by molar-refractivity contribution is 5.33. The van der Waals surface area contributed by atoms with Crippen molar-refractivity contribution >= 4 is 0 Å². The van der Waals surface area contributed by atoms with Crippen LogP contribution in [0.3, 0.4) is 0 Å². The van der Waals surface area contributed by atoms with Gasteiger partial charge in [0.15, 0.2) is 0 Å². The molecule has 0 amide bonds. The van der Waals surface area contributed by atoms with Crippen molar-refractivity contribution in [3.05, 3.63) is 71.8 Å². The van der Waals surface area contributed by atoms with E-state index in [0.717, 1.165) is 45.4 Å². The molecule has 2 unspecified atom stereocenters. The van der Waals surface area contributed by atoms with E-state index in [-0.39, 0.29) is 6.23 Å². The van der Waals surface area contributed by atoms with Gasteiger partial charge in [0.2, 0.25) is 0 Å². The zero-order valence-electron chi connectivity index (χ0n) is 15.8. The molecular weight excluding hydrogens is 320 g/mol. The first kappa shape index (κ1) is 19.1. The van der Waals surface area contributed by atoms with E-state index in [1.54, 1.807) is 0 Å². The molecule has 0 saturated carbocycles. The minimum Gasteiger partial charge on any atom is -0.378 e. The Morgan fingerprint density at radius 1 is 0.885 bits per heavy atom.